The Morgan fingerprint density at radius 2 is 2.14 bits per heavy atom. The van der Waals surface area contributed by atoms with Crippen molar-refractivity contribution in [3.8, 4) is 0 Å². The predicted molar refractivity (Wildman–Crippen MR) is 83.8 cm³/mol. The zero-order valence-corrected chi connectivity index (χ0v) is 12.9. The molecule has 0 bridgehead atoms. The molecule has 2 heterocycles. The van der Waals surface area contributed by atoms with Gasteiger partial charge in [0, 0.05) is 25.2 Å². The second kappa shape index (κ2) is 7.44. The summed E-state index contributed by atoms with van der Waals surface area (Å²) in [6.07, 6.45) is 3.82. The Bertz CT molecular complexity index is 542. The Morgan fingerprint density at radius 1 is 1.27 bits per heavy atom. The van der Waals surface area contributed by atoms with Gasteiger partial charge in [-0.05, 0) is 42.4 Å². The highest BCUT2D eigenvalue weighted by molar-refractivity contribution is 5.19. The third-order valence-electron chi connectivity index (χ3n) is 4.03. The molecule has 2 unspecified atom stereocenters. The van der Waals surface area contributed by atoms with Crippen molar-refractivity contribution in [3.05, 3.63) is 42.2 Å². The van der Waals surface area contributed by atoms with Gasteiger partial charge in [0.2, 0.25) is 0 Å². The Morgan fingerprint density at radius 3 is 2.91 bits per heavy atom. The Labute approximate surface area is 130 Å². The molecule has 0 saturated carbocycles. The second-order valence-electron chi connectivity index (χ2n) is 5.87. The van der Waals surface area contributed by atoms with Gasteiger partial charge in [-0.2, -0.15) is 0 Å². The highest BCUT2D eigenvalue weighted by Gasteiger charge is 2.25. The van der Waals surface area contributed by atoms with Crippen LogP contribution < -0.4 is 10.9 Å². The van der Waals surface area contributed by atoms with Crippen LogP contribution in [-0.2, 0) is 6.54 Å². The monoisotopic (exact) mass is 301 g/mol. The minimum Gasteiger partial charge on any atom is -0.305 e. The van der Waals surface area contributed by atoms with E-state index < -0.39 is 0 Å². The molecule has 0 aliphatic carbocycles. The molecule has 2 N–H and O–H groups in total. The van der Waals surface area contributed by atoms with E-state index >= 15 is 0 Å². The SMILES string of the molecule is CN(CCCn1cnnn1)CC1CC(c2ccccc2)NN1. The van der Waals surface area contributed by atoms with Gasteiger partial charge in [-0.25, -0.2) is 10.1 Å². The lowest BCUT2D eigenvalue weighted by Gasteiger charge is -2.20. The number of nitrogens with zero attached hydrogens (tertiary/aromatic N) is 5. The summed E-state index contributed by atoms with van der Waals surface area (Å²) in [5.41, 5.74) is 8.16. The fourth-order valence-electron chi connectivity index (χ4n) is 2.90. The summed E-state index contributed by atoms with van der Waals surface area (Å²) in [7, 11) is 2.16. The molecule has 1 fully saturated rings. The number of aromatic nitrogens is 4. The molecule has 1 saturated heterocycles. The first kappa shape index (κ1) is 15.1. The minimum atomic E-state index is 0.404. The van der Waals surface area contributed by atoms with Crippen molar-refractivity contribution in [2.45, 2.75) is 31.5 Å². The van der Waals surface area contributed by atoms with Crippen LogP contribution in [0.1, 0.15) is 24.4 Å². The molecule has 1 aromatic carbocycles. The standard InChI is InChI=1S/C15H23N7/c1-21(8-5-9-22-12-16-19-20-22)11-14-10-15(18-17-14)13-6-3-2-4-7-13/h2-4,6-7,12,14-15,17-18H,5,8-11H2,1H3. The second-order valence-corrected chi connectivity index (χ2v) is 5.87. The number of hydrazine groups is 1. The van der Waals surface area contributed by atoms with Gasteiger partial charge in [0.15, 0.2) is 0 Å². The van der Waals surface area contributed by atoms with Crippen molar-refractivity contribution in [1.82, 2.24) is 36.0 Å². The van der Waals surface area contributed by atoms with Crippen molar-refractivity contribution in [2.75, 3.05) is 20.1 Å². The van der Waals surface area contributed by atoms with E-state index in [4.69, 9.17) is 0 Å². The van der Waals surface area contributed by atoms with Crippen molar-refractivity contribution in [1.29, 1.82) is 0 Å². The molecule has 22 heavy (non-hydrogen) atoms. The molecule has 2 aromatic rings. The van der Waals surface area contributed by atoms with Gasteiger partial charge in [-0.1, -0.05) is 30.3 Å². The van der Waals surface area contributed by atoms with E-state index in [1.54, 1.807) is 11.0 Å². The summed E-state index contributed by atoms with van der Waals surface area (Å²) >= 11 is 0. The van der Waals surface area contributed by atoms with Crippen LogP contribution in [0.15, 0.2) is 36.7 Å². The zero-order valence-electron chi connectivity index (χ0n) is 12.9. The minimum absolute atomic E-state index is 0.404. The normalized spacial score (nSPS) is 21.5. The maximum atomic E-state index is 3.87. The molecule has 1 aromatic heterocycles. The summed E-state index contributed by atoms with van der Waals surface area (Å²) in [5.74, 6) is 0. The summed E-state index contributed by atoms with van der Waals surface area (Å²) in [6.45, 7) is 2.93. The quantitative estimate of drug-likeness (QED) is 0.780. The Hall–Kier alpha value is -1.83. The van der Waals surface area contributed by atoms with E-state index in [1.165, 1.54) is 5.56 Å². The van der Waals surface area contributed by atoms with Gasteiger partial charge in [0.1, 0.15) is 6.33 Å². The first-order valence-electron chi connectivity index (χ1n) is 7.76. The van der Waals surface area contributed by atoms with Crippen LogP contribution in [0.2, 0.25) is 0 Å². The topological polar surface area (TPSA) is 70.9 Å². The predicted octanol–water partition coefficient (Wildman–Crippen LogP) is 0.603. The van der Waals surface area contributed by atoms with Crippen LogP contribution in [0.25, 0.3) is 0 Å². The van der Waals surface area contributed by atoms with Crippen molar-refractivity contribution < 1.29 is 0 Å². The Kier molecular flexibility index (Phi) is 5.10. The number of tetrazole rings is 1. The Balaban J connectivity index is 1.38. The molecule has 2 atom stereocenters. The first-order valence-corrected chi connectivity index (χ1v) is 7.76. The molecule has 7 nitrogen and oxygen atoms in total. The third-order valence-corrected chi connectivity index (χ3v) is 4.03. The van der Waals surface area contributed by atoms with Crippen LogP contribution in [0.5, 0.6) is 0 Å². The fourth-order valence-corrected chi connectivity index (χ4v) is 2.90. The van der Waals surface area contributed by atoms with Crippen molar-refractivity contribution in [2.24, 2.45) is 0 Å². The number of aryl methyl sites for hydroxylation is 1. The molecule has 1 aliphatic rings. The van der Waals surface area contributed by atoms with Crippen molar-refractivity contribution >= 4 is 0 Å². The number of nitrogens with one attached hydrogen (secondary N) is 2. The lowest BCUT2D eigenvalue weighted by molar-refractivity contribution is 0.285. The summed E-state index contributed by atoms with van der Waals surface area (Å²) < 4.78 is 1.77. The van der Waals surface area contributed by atoms with Gasteiger partial charge in [0.25, 0.3) is 0 Å². The highest BCUT2D eigenvalue weighted by Crippen LogP contribution is 2.21. The van der Waals surface area contributed by atoms with E-state index in [-0.39, 0.29) is 0 Å². The smallest absolute Gasteiger partial charge is 0.138 e. The fraction of sp³-hybridized carbons (Fsp3) is 0.533. The van der Waals surface area contributed by atoms with Crippen LogP contribution in [0, 0.1) is 0 Å². The van der Waals surface area contributed by atoms with Gasteiger partial charge in [0.05, 0.1) is 0 Å². The first-order chi connectivity index (χ1) is 10.8. The summed E-state index contributed by atoms with van der Waals surface area (Å²) in [5, 5.41) is 11.2. The highest BCUT2D eigenvalue weighted by atomic mass is 15.5. The van der Waals surface area contributed by atoms with Crippen molar-refractivity contribution in [3.63, 3.8) is 0 Å². The lowest BCUT2D eigenvalue weighted by Crippen LogP contribution is -2.39. The van der Waals surface area contributed by atoms with Crippen LogP contribution in [0.4, 0.5) is 0 Å². The van der Waals surface area contributed by atoms with Crippen LogP contribution in [0.3, 0.4) is 0 Å². The molecule has 3 rings (SSSR count). The molecular weight excluding hydrogens is 278 g/mol. The molecule has 0 spiro atoms. The van der Waals surface area contributed by atoms with Crippen LogP contribution >= 0.6 is 0 Å². The number of hydrogen-bond acceptors (Lipinski definition) is 6. The number of hydrogen-bond donors (Lipinski definition) is 2. The number of rotatable bonds is 7. The lowest BCUT2D eigenvalue weighted by atomic mass is 10.0. The van der Waals surface area contributed by atoms with Gasteiger partial charge < -0.3 is 4.90 Å². The van der Waals surface area contributed by atoms with Gasteiger partial charge in [-0.15, -0.1) is 5.10 Å². The van der Waals surface area contributed by atoms with Crippen LogP contribution in [-0.4, -0.2) is 51.3 Å². The van der Waals surface area contributed by atoms with E-state index in [2.05, 4.69) is 68.7 Å². The summed E-state index contributed by atoms with van der Waals surface area (Å²) in [6, 6.07) is 11.5. The van der Waals surface area contributed by atoms with Gasteiger partial charge >= 0.3 is 0 Å². The average molecular weight is 301 g/mol. The average Bonchev–Trinajstić information content (AvgIpc) is 3.20. The van der Waals surface area contributed by atoms with E-state index in [9.17, 15) is 0 Å². The summed E-state index contributed by atoms with van der Waals surface area (Å²) in [4.78, 5) is 2.36. The molecule has 0 radical (unpaired) electrons. The zero-order chi connectivity index (χ0) is 15.2. The third kappa shape index (κ3) is 4.09. The van der Waals surface area contributed by atoms with E-state index in [0.717, 1.165) is 32.5 Å². The molecular formula is C15H23N7. The number of likely N-dealkylation sites (N-methyl/N-ethyl adjacent to an activating group) is 1. The van der Waals surface area contributed by atoms with Gasteiger partial charge in [-0.3, -0.25) is 5.43 Å². The van der Waals surface area contributed by atoms with E-state index in [0.29, 0.717) is 12.1 Å². The molecule has 7 heteroatoms. The largest absolute Gasteiger partial charge is 0.305 e. The maximum absolute atomic E-state index is 3.87. The molecule has 0 amide bonds. The van der Waals surface area contributed by atoms with E-state index in [1.807, 2.05) is 0 Å². The molecule has 118 valence electrons. The maximum Gasteiger partial charge on any atom is 0.138 e. The number of benzene rings is 1. The molecule has 1 aliphatic heterocycles.